The second kappa shape index (κ2) is 5.33. The van der Waals surface area contributed by atoms with Crippen LogP contribution in [0.15, 0.2) is 34.7 Å². The smallest absolute Gasteiger partial charge is 0.131 e. The van der Waals surface area contributed by atoms with Crippen molar-refractivity contribution in [1.29, 1.82) is 0 Å². The Bertz CT molecular complexity index is 515. The molecule has 0 aromatic carbocycles. The van der Waals surface area contributed by atoms with Crippen molar-refractivity contribution < 1.29 is 0 Å². The molecule has 88 valence electrons. The summed E-state index contributed by atoms with van der Waals surface area (Å²) in [7, 11) is 0. The van der Waals surface area contributed by atoms with Crippen LogP contribution in [0.25, 0.3) is 0 Å². The van der Waals surface area contributed by atoms with E-state index in [1.54, 1.807) is 12.3 Å². The maximum atomic E-state index is 5.80. The topological polar surface area (TPSA) is 64.7 Å². The van der Waals surface area contributed by atoms with Crippen LogP contribution in [0.1, 0.15) is 12.5 Å². The van der Waals surface area contributed by atoms with Crippen molar-refractivity contribution in [2.75, 3.05) is 5.73 Å². The molecule has 0 aliphatic carbocycles. The highest BCUT2D eigenvalue weighted by Crippen LogP contribution is 2.29. The third-order valence-electron chi connectivity index (χ3n) is 2.19. The molecular formula is C11H11ClN4S. The van der Waals surface area contributed by atoms with Gasteiger partial charge in [-0.15, -0.1) is 0 Å². The largest absolute Gasteiger partial charge is 0.383 e. The fourth-order valence-electron chi connectivity index (χ4n) is 1.35. The molecule has 0 bridgehead atoms. The number of nitrogens with two attached hydrogens (primary N) is 1. The number of rotatable bonds is 3. The number of halogens is 1. The van der Waals surface area contributed by atoms with Crippen LogP contribution < -0.4 is 5.73 Å². The van der Waals surface area contributed by atoms with Gasteiger partial charge in [0.25, 0.3) is 0 Å². The molecule has 0 aliphatic heterocycles. The van der Waals surface area contributed by atoms with E-state index < -0.39 is 0 Å². The van der Waals surface area contributed by atoms with Gasteiger partial charge in [-0.25, -0.2) is 15.0 Å². The molecular weight excluding hydrogens is 256 g/mol. The molecule has 0 saturated heterocycles. The highest BCUT2D eigenvalue weighted by Gasteiger charge is 2.09. The van der Waals surface area contributed by atoms with Gasteiger partial charge in [-0.3, -0.25) is 0 Å². The summed E-state index contributed by atoms with van der Waals surface area (Å²) in [5.41, 5.74) is 6.76. The maximum absolute atomic E-state index is 5.80. The van der Waals surface area contributed by atoms with Gasteiger partial charge in [-0.05, 0) is 30.3 Å². The first-order valence-corrected chi connectivity index (χ1v) is 6.29. The lowest BCUT2D eigenvalue weighted by Crippen LogP contribution is -2.00. The van der Waals surface area contributed by atoms with E-state index in [2.05, 4.69) is 15.0 Å². The molecule has 0 amide bonds. The summed E-state index contributed by atoms with van der Waals surface area (Å²) in [6, 6.07) is 3.65. The predicted molar refractivity (Wildman–Crippen MR) is 69.2 cm³/mol. The molecule has 2 aromatic heterocycles. The fraction of sp³-hybridized carbons (Fsp3) is 0.182. The Morgan fingerprint density at radius 2 is 2.12 bits per heavy atom. The number of pyridine rings is 1. The van der Waals surface area contributed by atoms with Crippen LogP contribution in [-0.2, 0) is 6.42 Å². The Morgan fingerprint density at radius 1 is 1.29 bits per heavy atom. The lowest BCUT2D eigenvalue weighted by molar-refractivity contribution is 0.949. The molecule has 0 radical (unpaired) electrons. The monoisotopic (exact) mass is 266 g/mol. The number of anilines is 1. The van der Waals surface area contributed by atoms with Crippen molar-refractivity contribution in [3.8, 4) is 0 Å². The number of hydrogen-bond donors (Lipinski definition) is 1. The third kappa shape index (κ3) is 2.87. The minimum Gasteiger partial charge on any atom is -0.383 e. The first-order valence-electron chi connectivity index (χ1n) is 5.09. The summed E-state index contributed by atoms with van der Waals surface area (Å²) in [4.78, 5) is 12.4. The van der Waals surface area contributed by atoms with Crippen LogP contribution in [0.2, 0.25) is 5.02 Å². The number of hydrogen-bond acceptors (Lipinski definition) is 5. The summed E-state index contributed by atoms with van der Waals surface area (Å²) in [6.45, 7) is 2.02. The second-order valence-corrected chi connectivity index (χ2v) is 4.76. The van der Waals surface area contributed by atoms with Gasteiger partial charge >= 0.3 is 0 Å². The van der Waals surface area contributed by atoms with E-state index >= 15 is 0 Å². The molecule has 0 fully saturated rings. The molecule has 0 spiro atoms. The molecule has 0 atom stereocenters. The molecule has 0 saturated carbocycles. The number of nitrogen functional groups attached to an aromatic ring is 1. The number of nitrogens with zero attached hydrogens (tertiary/aromatic N) is 3. The molecule has 4 nitrogen and oxygen atoms in total. The average molecular weight is 267 g/mol. The summed E-state index contributed by atoms with van der Waals surface area (Å²) in [5.74, 6) is 0.527. The van der Waals surface area contributed by atoms with Crippen LogP contribution in [-0.4, -0.2) is 15.0 Å². The minimum atomic E-state index is 0.527. The maximum Gasteiger partial charge on any atom is 0.131 e. The molecule has 2 heterocycles. The van der Waals surface area contributed by atoms with Gasteiger partial charge in [0.1, 0.15) is 22.2 Å². The standard InChI is InChI=1S/C11H11ClN4S/c1-2-8-10(13)15-6-16-11(8)17-9-4-3-7(12)5-14-9/h3-6H,2H2,1H3,(H2,13,15,16). The Morgan fingerprint density at radius 3 is 2.76 bits per heavy atom. The average Bonchev–Trinajstić information content (AvgIpc) is 2.32. The van der Waals surface area contributed by atoms with Crippen LogP contribution >= 0.6 is 23.4 Å². The zero-order valence-electron chi connectivity index (χ0n) is 9.22. The summed E-state index contributed by atoms with van der Waals surface area (Å²) >= 11 is 7.24. The molecule has 0 aliphatic rings. The van der Waals surface area contributed by atoms with Gasteiger partial charge in [0.2, 0.25) is 0 Å². The second-order valence-electron chi connectivity index (χ2n) is 3.31. The van der Waals surface area contributed by atoms with Crippen molar-refractivity contribution in [3.63, 3.8) is 0 Å². The SMILES string of the molecule is CCc1c(N)ncnc1Sc1ccc(Cl)cn1. The van der Waals surface area contributed by atoms with Gasteiger partial charge < -0.3 is 5.73 Å². The van der Waals surface area contributed by atoms with Gasteiger partial charge in [0.05, 0.1) is 5.02 Å². The molecule has 2 N–H and O–H groups in total. The summed E-state index contributed by atoms with van der Waals surface area (Å²) in [5, 5.41) is 2.30. The van der Waals surface area contributed by atoms with Crippen molar-refractivity contribution >= 4 is 29.2 Å². The highest BCUT2D eigenvalue weighted by molar-refractivity contribution is 7.99. The van der Waals surface area contributed by atoms with Crippen molar-refractivity contribution in [3.05, 3.63) is 35.2 Å². The van der Waals surface area contributed by atoms with E-state index in [4.69, 9.17) is 17.3 Å². The highest BCUT2D eigenvalue weighted by atomic mass is 35.5. The Kier molecular flexibility index (Phi) is 3.81. The summed E-state index contributed by atoms with van der Waals surface area (Å²) < 4.78 is 0. The van der Waals surface area contributed by atoms with Gasteiger partial charge in [-0.1, -0.05) is 18.5 Å². The van der Waals surface area contributed by atoms with Crippen LogP contribution in [0, 0.1) is 0 Å². The first kappa shape index (κ1) is 12.1. The minimum absolute atomic E-state index is 0.527. The lowest BCUT2D eigenvalue weighted by atomic mass is 10.2. The van der Waals surface area contributed by atoms with Crippen molar-refractivity contribution in [2.24, 2.45) is 0 Å². The van der Waals surface area contributed by atoms with E-state index in [0.29, 0.717) is 10.8 Å². The molecule has 0 unspecified atom stereocenters. The third-order valence-corrected chi connectivity index (χ3v) is 3.41. The van der Waals surface area contributed by atoms with Crippen LogP contribution in [0.4, 0.5) is 5.82 Å². The van der Waals surface area contributed by atoms with Gasteiger partial charge in [0, 0.05) is 11.8 Å². The quantitative estimate of drug-likeness (QED) is 0.866. The van der Waals surface area contributed by atoms with Crippen LogP contribution in [0.3, 0.4) is 0 Å². The molecule has 2 rings (SSSR count). The fourth-order valence-corrected chi connectivity index (χ4v) is 2.37. The van der Waals surface area contributed by atoms with Crippen molar-refractivity contribution in [2.45, 2.75) is 23.4 Å². The first-order chi connectivity index (χ1) is 8.20. The normalized spacial score (nSPS) is 10.5. The lowest BCUT2D eigenvalue weighted by Gasteiger charge is -2.07. The van der Waals surface area contributed by atoms with E-state index in [9.17, 15) is 0 Å². The van der Waals surface area contributed by atoms with Crippen molar-refractivity contribution in [1.82, 2.24) is 15.0 Å². The Balaban J connectivity index is 2.29. The van der Waals surface area contributed by atoms with Crippen LogP contribution in [0.5, 0.6) is 0 Å². The predicted octanol–water partition coefficient (Wildman–Crippen LogP) is 2.82. The Labute approximate surface area is 109 Å². The molecule has 6 heteroatoms. The Hall–Kier alpha value is -1.33. The van der Waals surface area contributed by atoms with E-state index in [1.807, 2.05) is 13.0 Å². The molecule has 2 aromatic rings. The van der Waals surface area contributed by atoms with Gasteiger partial charge in [0.15, 0.2) is 0 Å². The number of aromatic nitrogens is 3. The van der Waals surface area contributed by atoms with E-state index in [-0.39, 0.29) is 0 Å². The van der Waals surface area contributed by atoms with Gasteiger partial charge in [-0.2, -0.15) is 0 Å². The van der Waals surface area contributed by atoms with E-state index in [0.717, 1.165) is 22.0 Å². The zero-order valence-corrected chi connectivity index (χ0v) is 10.8. The summed E-state index contributed by atoms with van der Waals surface area (Å²) in [6.07, 6.45) is 3.87. The zero-order chi connectivity index (χ0) is 12.3. The van der Waals surface area contributed by atoms with E-state index in [1.165, 1.54) is 18.1 Å². The molecule has 17 heavy (non-hydrogen) atoms.